The first kappa shape index (κ1) is 11.4. The fourth-order valence-corrected chi connectivity index (χ4v) is 2.19. The molecule has 0 fully saturated rings. The second kappa shape index (κ2) is 3.91. The molecular weight excluding hydrogens is 246 g/mol. The summed E-state index contributed by atoms with van der Waals surface area (Å²) in [5, 5.41) is 0.569. The first-order chi connectivity index (χ1) is 9.15. The lowest BCUT2D eigenvalue weighted by Gasteiger charge is -2.07. The SMILES string of the molecule is Cn1c(=O)c2c(=O)c(C=O)coc2c2ccccc21. The maximum atomic E-state index is 12.2. The molecule has 1 aromatic carbocycles. The van der Waals surface area contributed by atoms with E-state index in [1.165, 1.54) is 4.57 Å². The molecule has 0 bridgehead atoms. The summed E-state index contributed by atoms with van der Waals surface area (Å²) in [4.78, 5) is 35.1. The normalized spacial score (nSPS) is 11.0. The average molecular weight is 255 g/mol. The standard InChI is InChI=1S/C14H9NO4/c1-15-10-5-3-2-4-9(10)13-11(14(15)18)12(17)8(6-16)7-19-13/h2-7H,1H3. The predicted octanol–water partition coefficient (Wildman–Crippen LogP) is 1.46. The zero-order valence-electron chi connectivity index (χ0n) is 10.0. The van der Waals surface area contributed by atoms with Crippen molar-refractivity contribution in [2.45, 2.75) is 0 Å². The van der Waals surface area contributed by atoms with Crippen LogP contribution in [0.25, 0.3) is 21.9 Å². The van der Waals surface area contributed by atoms with Gasteiger partial charge in [0.25, 0.3) is 5.56 Å². The van der Waals surface area contributed by atoms with Crippen LogP contribution in [0.15, 0.2) is 44.5 Å². The summed E-state index contributed by atoms with van der Waals surface area (Å²) in [7, 11) is 1.58. The van der Waals surface area contributed by atoms with E-state index in [2.05, 4.69) is 0 Å². The molecule has 2 heterocycles. The summed E-state index contributed by atoms with van der Waals surface area (Å²) in [6, 6.07) is 7.12. The number of hydrogen-bond acceptors (Lipinski definition) is 4. The van der Waals surface area contributed by atoms with Crippen LogP contribution >= 0.6 is 0 Å². The predicted molar refractivity (Wildman–Crippen MR) is 70.6 cm³/mol. The zero-order chi connectivity index (χ0) is 13.6. The van der Waals surface area contributed by atoms with Gasteiger partial charge < -0.3 is 8.98 Å². The van der Waals surface area contributed by atoms with Gasteiger partial charge in [-0.3, -0.25) is 14.4 Å². The number of para-hydroxylation sites is 1. The molecule has 0 saturated carbocycles. The first-order valence-electron chi connectivity index (χ1n) is 5.63. The molecular formula is C14H9NO4. The third-order valence-electron chi connectivity index (χ3n) is 3.18. The van der Waals surface area contributed by atoms with Crippen LogP contribution in [0.1, 0.15) is 10.4 Å². The third-order valence-corrected chi connectivity index (χ3v) is 3.18. The summed E-state index contributed by atoms with van der Waals surface area (Å²) in [5.41, 5.74) is -0.329. The van der Waals surface area contributed by atoms with Crippen LogP contribution in [0.5, 0.6) is 0 Å². The number of fused-ring (bicyclic) bond motifs is 3. The van der Waals surface area contributed by atoms with Gasteiger partial charge in [-0.15, -0.1) is 0 Å². The molecule has 0 N–H and O–H groups in total. The Labute approximate surface area is 106 Å². The van der Waals surface area contributed by atoms with Gasteiger partial charge in [0.15, 0.2) is 11.9 Å². The molecule has 2 aromatic heterocycles. The van der Waals surface area contributed by atoms with E-state index in [9.17, 15) is 14.4 Å². The minimum absolute atomic E-state index is 0.0919. The van der Waals surface area contributed by atoms with Crippen LogP contribution in [-0.4, -0.2) is 10.9 Å². The van der Waals surface area contributed by atoms with E-state index in [0.717, 1.165) is 6.26 Å². The highest BCUT2D eigenvalue weighted by molar-refractivity contribution is 6.02. The van der Waals surface area contributed by atoms with E-state index in [1.807, 2.05) is 0 Å². The maximum absolute atomic E-state index is 12.2. The molecule has 0 radical (unpaired) electrons. The van der Waals surface area contributed by atoms with Gasteiger partial charge in [0.05, 0.1) is 11.1 Å². The molecule has 0 saturated heterocycles. The Kier molecular flexibility index (Phi) is 2.35. The van der Waals surface area contributed by atoms with Gasteiger partial charge in [0, 0.05) is 12.4 Å². The Morgan fingerprint density at radius 1 is 1.21 bits per heavy atom. The van der Waals surface area contributed by atoms with Crippen molar-refractivity contribution in [3.8, 4) is 0 Å². The van der Waals surface area contributed by atoms with E-state index >= 15 is 0 Å². The van der Waals surface area contributed by atoms with Crippen LogP contribution < -0.4 is 11.0 Å². The van der Waals surface area contributed by atoms with E-state index in [-0.39, 0.29) is 16.5 Å². The number of rotatable bonds is 1. The number of aromatic nitrogens is 1. The average Bonchev–Trinajstić information content (AvgIpc) is 2.44. The smallest absolute Gasteiger partial charge is 0.265 e. The summed E-state index contributed by atoms with van der Waals surface area (Å²) in [6.07, 6.45) is 1.48. The van der Waals surface area contributed by atoms with E-state index in [1.54, 1.807) is 31.3 Å². The van der Waals surface area contributed by atoms with Crippen molar-refractivity contribution in [2.24, 2.45) is 7.05 Å². The second-order valence-corrected chi connectivity index (χ2v) is 4.22. The minimum atomic E-state index is -0.595. The summed E-state index contributed by atoms with van der Waals surface area (Å²) in [6.45, 7) is 0. The molecule has 19 heavy (non-hydrogen) atoms. The zero-order valence-corrected chi connectivity index (χ0v) is 10.0. The van der Waals surface area contributed by atoms with Gasteiger partial charge in [-0.05, 0) is 12.1 Å². The van der Waals surface area contributed by atoms with Crippen LogP contribution in [0.3, 0.4) is 0 Å². The number of nitrogens with zero attached hydrogens (tertiary/aromatic N) is 1. The number of benzene rings is 1. The van der Waals surface area contributed by atoms with Crippen molar-refractivity contribution in [3.05, 3.63) is 56.7 Å². The Hall–Kier alpha value is -2.69. The Morgan fingerprint density at radius 2 is 1.95 bits per heavy atom. The third kappa shape index (κ3) is 1.45. The van der Waals surface area contributed by atoms with Crippen LogP contribution in [-0.2, 0) is 7.05 Å². The first-order valence-corrected chi connectivity index (χ1v) is 5.63. The van der Waals surface area contributed by atoms with Crippen LogP contribution in [0.2, 0.25) is 0 Å². The van der Waals surface area contributed by atoms with Crippen molar-refractivity contribution in [3.63, 3.8) is 0 Å². The lowest BCUT2D eigenvalue weighted by atomic mass is 10.1. The number of aldehydes is 1. The van der Waals surface area contributed by atoms with Gasteiger partial charge in [0.2, 0.25) is 5.43 Å². The van der Waals surface area contributed by atoms with E-state index < -0.39 is 11.0 Å². The highest BCUT2D eigenvalue weighted by Crippen LogP contribution is 2.20. The van der Waals surface area contributed by atoms with Gasteiger partial charge in [-0.2, -0.15) is 0 Å². The number of carbonyl (C=O) groups excluding carboxylic acids is 1. The Bertz CT molecular complexity index is 934. The molecule has 0 aliphatic carbocycles. The summed E-state index contributed by atoms with van der Waals surface area (Å²) >= 11 is 0. The molecule has 3 aromatic rings. The fourth-order valence-electron chi connectivity index (χ4n) is 2.19. The van der Waals surface area contributed by atoms with Crippen molar-refractivity contribution in [1.29, 1.82) is 0 Å². The molecule has 94 valence electrons. The largest absolute Gasteiger partial charge is 0.462 e. The number of hydrogen-bond donors (Lipinski definition) is 0. The molecule has 0 aliphatic heterocycles. The van der Waals surface area contributed by atoms with E-state index in [4.69, 9.17) is 4.42 Å². The summed E-state index contributed by atoms with van der Waals surface area (Å²) in [5.74, 6) is 0. The summed E-state index contributed by atoms with van der Waals surface area (Å²) < 4.78 is 6.70. The maximum Gasteiger partial charge on any atom is 0.265 e. The number of aryl methyl sites for hydroxylation is 1. The number of pyridine rings is 1. The quantitative estimate of drug-likeness (QED) is 0.487. The van der Waals surface area contributed by atoms with Crippen molar-refractivity contribution >= 4 is 28.2 Å². The number of carbonyl (C=O) groups is 1. The lowest BCUT2D eigenvalue weighted by molar-refractivity contribution is 0.112. The van der Waals surface area contributed by atoms with Gasteiger partial charge in [-0.25, -0.2) is 0 Å². The van der Waals surface area contributed by atoms with Gasteiger partial charge >= 0.3 is 0 Å². The molecule has 3 rings (SSSR count). The fraction of sp³-hybridized carbons (Fsp3) is 0.0714. The van der Waals surface area contributed by atoms with Crippen LogP contribution in [0, 0.1) is 0 Å². The topological polar surface area (TPSA) is 69.3 Å². The molecule has 0 atom stereocenters. The minimum Gasteiger partial charge on any atom is -0.462 e. The molecule has 0 aliphatic rings. The Balaban J connectivity index is 2.74. The second-order valence-electron chi connectivity index (χ2n) is 4.22. The van der Waals surface area contributed by atoms with Crippen molar-refractivity contribution < 1.29 is 9.21 Å². The monoisotopic (exact) mass is 255 g/mol. The van der Waals surface area contributed by atoms with E-state index in [0.29, 0.717) is 17.2 Å². The van der Waals surface area contributed by atoms with Gasteiger partial charge in [0.1, 0.15) is 11.6 Å². The highest BCUT2D eigenvalue weighted by atomic mass is 16.3. The molecule has 0 amide bonds. The lowest BCUT2D eigenvalue weighted by Crippen LogP contribution is -2.24. The van der Waals surface area contributed by atoms with Crippen LogP contribution in [0.4, 0.5) is 0 Å². The van der Waals surface area contributed by atoms with Gasteiger partial charge in [-0.1, -0.05) is 12.1 Å². The highest BCUT2D eigenvalue weighted by Gasteiger charge is 2.15. The van der Waals surface area contributed by atoms with Crippen molar-refractivity contribution in [1.82, 2.24) is 4.57 Å². The molecule has 0 unspecified atom stereocenters. The Morgan fingerprint density at radius 3 is 2.68 bits per heavy atom. The molecule has 5 nitrogen and oxygen atoms in total. The molecule has 5 heteroatoms. The van der Waals surface area contributed by atoms with Crippen molar-refractivity contribution in [2.75, 3.05) is 0 Å². The molecule has 0 spiro atoms.